The summed E-state index contributed by atoms with van der Waals surface area (Å²) in [6, 6.07) is 7.36. The van der Waals surface area contributed by atoms with Gasteiger partial charge in [-0.25, -0.2) is 4.79 Å². The fourth-order valence-electron chi connectivity index (χ4n) is 2.14. The average molecular weight is 256 g/mol. The van der Waals surface area contributed by atoms with Gasteiger partial charge in [-0.1, -0.05) is 12.1 Å². The first kappa shape index (κ1) is 11.5. The summed E-state index contributed by atoms with van der Waals surface area (Å²) >= 11 is 0. The van der Waals surface area contributed by atoms with Crippen LogP contribution in [-0.4, -0.2) is 35.6 Å². The summed E-state index contributed by atoms with van der Waals surface area (Å²) in [4.78, 5) is 24.1. The number of aromatic amines is 1. The zero-order valence-electron chi connectivity index (χ0n) is 10.1. The number of aldehydes is 1. The lowest BCUT2D eigenvalue weighted by atomic mass is 10.1. The number of carbonyl (C=O) groups excluding carboxylic acids is 2. The predicted octanol–water partition coefficient (Wildman–Crippen LogP) is 1.42. The summed E-state index contributed by atoms with van der Waals surface area (Å²) in [7, 11) is 0. The number of aromatic nitrogens is 2. The molecule has 6 nitrogen and oxygen atoms in total. The number of hydrogen-bond donors (Lipinski definition) is 2. The molecule has 0 spiro atoms. The third-order valence-electron chi connectivity index (χ3n) is 3.12. The van der Waals surface area contributed by atoms with E-state index in [9.17, 15) is 9.59 Å². The normalized spacial score (nSPS) is 14.5. The molecule has 1 aromatic carbocycles. The van der Waals surface area contributed by atoms with Crippen LogP contribution in [0.5, 0.6) is 0 Å². The number of rotatable bonds is 3. The van der Waals surface area contributed by atoms with E-state index in [1.807, 2.05) is 24.3 Å². The Morgan fingerprint density at radius 1 is 1.26 bits per heavy atom. The predicted molar refractivity (Wildman–Crippen MR) is 70.2 cm³/mol. The molecule has 1 fully saturated rings. The van der Waals surface area contributed by atoms with E-state index in [1.54, 1.807) is 4.90 Å². The van der Waals surface area contributed by atoms with Gasteiger partial charge in [-0.3, -0.25) is 14.8 Å². The molecule has 2 amide bonds. The van der Waals surface area contributed by atoms with Crippen LogP contribution in [0.15, 0.2) is 30.5 Å². The SMILES string of the molecule is O=Cc1cn[nH]c1-c1ccc(N2CCNC2=O)cc1. The molecule has 1 saturated heterocycles. The van der Waals surface area contributed by atoms with Crippen LogP contribution >= 0.6 is 0 Å². The highest BCUT2D eigenvalue weighted by molar-refractivity contribution is 5.94. The first-order chi connectivity index (χ1) is 9.29. The monoisotopic (exact) mass is 256 g/mol. The molecule has 0 aliphatic carbocycles. The van der Waals surface area contributed by atoms with Crippen LogP contribution in [0.4, 0.5) is 10.5 Å². The third-order valence-corrected chi connectivity index (χ3v) is 3.12. The van der Waals surface area contributed by atoms with Crippen molar-refractivity contribution >= 4 is 18.0 Å². The van der Waals surface area contributed by atoms with Crippen LogP contribution in [0.2, 0.25) is 0 Å². The fraction of sp³-hybridized carbons (Fsp3) is 0.154. The molecule has 0 bridgehead atoms. The Morgan fingerprint density at radius 2 is 2.05 bits per heavy atom. The zero-order valence-corrected chi connectivity index (χ0v) is 10.1. The number of benzene rings is 1. The van der Waals surface area contributed by atoms with Crippen molar-refractivity contribution in [1.82, 2.24) is 15.5 Å². The van der Waals surface area contributed by atoms with Crippen molar-refractivity contribution in [2.75, 3.05) is 18.0 Å². The van der Waals surface area contributed by atoms with Gasteiger partial charge in [0.05, 0.1) is 17.5 Å². The Morgan fingerprint density at radius 3 is 2.68 bits per heavy atom. The molecule has 2 aromatic rings. The quantitative estimate of drug-likeness (QED) is 0.815. The number of hydrogen-bond acceptors (Lipinski definition) is 3. The Balaban J connectivity index is 1.91. The Kier molecular flexibility index (Phi) is 2.75. The maximum atomic E-state index is 11.5. The number of nitrogens with one attached hydrogen (secondary N) is 2. The lowest BCUT2D eigenvalue weighted by molar-refractivity contribution is 0.112. The average Bonchev–Trinajstić information content (AvgIpc) is 3.07. The summed E-state index contributed by atoms with van der Waals surface area (Å²) in [5.74, 6) is 0. The third kappa shape index (κ3) is 1.97. The van der Waals surface area contributed by atoms with Gasteiger partial charge in [0.2, 0.25) is 0 Å². The number of nitrogens with zero attached hydrogens (tertiary/aromatic N) is 2. The Labute approximate surface area is 109 Å². The lowest BCUT2D eigenvalue weighted by Crippen LogP contribution is -2.27. The van der Waals surface area contributed by atoms with E-state index in [2.05, 4.69) is 15.5 Å². The van der Waals surface area contributed by atoms with Crippen molar-refractivity contribution in [3.8, 4) is 11.3 Å². The minimum atomic E-state index is -0.0807. The van der Waals surface area contributed by atoms with Crippen LogP contribution in [0.3, 0.4) is 0 Å². The van der Waals surface area contributed by atoms with E-state index < -0.39 is 0 Å². The van der Waals surface area contributed by atoms with Gasteiger partial charge < -0.3 is 5.32 Å². The Hall–Kier alpha value is -2.63. The molecule has 6 heteroatoms. The lowest BCUT2D eigenvalue weighted by Gasteiger charge is -2.14. The van der Waals surface area contributed by atoms with Gasteiger partial charge in [-0.2, -0.15) is 5.10 Å². The number of urea groups is 1. The van der Waals surface area contributed by atoms with Crippen molar-refractivity contribution in [1.29, 1.82) is 0 Å². The summed E-state index contributed by atoms with van der Waals surface area (Å²) in [6.45, 7) is 1.33. The van der Waals surface area contributed by atoms with E-state index in [4.69, 9.17) is 0 Å². The van der Waals surface area contributed by atoms with Gasteiger partial charge in [-0.15, -0.1) is 0 Å². The maximum absolute atomic E-state index is 11.5. The molecule has 19 heavy (non-hydrogen) atoms. The highest BCUT2D eigenvalue weighted by Crippen LogP contribution is 2.24. The van der Waals surface area contributed by atoms with E-state index in [1.165, 1.54) is 6.20 Å². The second-order valence-corrected chi connectivity index (χ2v) is 4.25. The van der Waals surface area contributed by atoms with Crippen molar-refractivity contribution < 1.29 is 9.59 Å². The minimum Gasteiger partial charge on any atom is -0.336 e. The molecule has 0 unspecified atom stereocenters. The van der Waals surface area contributed by atoms with Crippen molar-refractivity contribution in [3.05, 3.63) is 36.0 Å². The molecule has 96 valence electrons. The molecule has 0 atom stereocenters. The van der Waals surface area contributed by atoms with E-state index in [0.29, 0.717) is 24.3 Å². The number of amides is 2. The van der Waals surface area contributed by atoms with Gasteiger partial charge in [0.15, 0.2) is 6.29 Å². The van der Waals surface area contributed by atoms with Crippen molar-refractivity contribution in [3.63, 3.8) is 0 Å². The molecule has 2 heterocycles. The molecular formula is C13H12N4O2. The van der Waals surface area contributed by atoms with Crippen LogP contribution in [0, 0.1) is 0 Å². The fourth-order valence-corrected chi connectivity index (χ4v) is 2.14. The van der Waals surface area contributed by atoms with Crippen LogP contribution in [0.1, 0.15) is 10.4 Å². The van der Waals surface area contributed by atoms with Gasteiger partial charge in [0, 0.05) is 24.3 Å². The molecular weight excluding hydrogens is 244 g/mol. The van der Waals surface area contributed by atoms with E-state index in [-0.39, 0.29) is 6.03 Å². The zero-order chi connectivity index (χ0) is 13.2. The molecule has 1 aliphatic rings. The largest absolute Gasteiger partial charge is 0.336 e. The smallest absolute Gasteiger partial charge is 0.321 e. The number of carbonyl (C=O) groups is 2. The summed E-state index contributed by atoms with van der Waals surface area (Å²) in [6.07, 6.45) is 2.25. The van der Waals surface area contributed by atoms with Gasteiger partial charge in [-0.05, 0) is 12.1 Å². The molecule has 2 N–H and O–H groups in total. The van der Waals surface area contributed by atoms with E-state index in [0.717, 1.165) is 17.5 Å². The van der Waals surface area contributed by atoms with Crippen molar-refractivity contribution in [2.45, 2.75) is 0 Å². The topological polar surface area (TPSA) is 78.1 Å². The van der Waals surface area contributed by atoms with Gasteiger partial charge in [0.25, 0.3) is 0 Å². The summed E-state index contributed by atoms with van der Waals surface area (Å²) in [5, 5.41) is 9.40. The number of anilines is 1. The van der Waals surface area contributed by atoms with Gasteiger partial charge >= 0.3 is 6.03 Å². The minimum absolute atomic E-state index is 0.0807. The highest BCUT2D eigenvalue weighted by atomic mass is 16.2. The molecule has 0 saturated carbocycles. The first-order valence-corrected chi connectivity index (χ1v) is 5.94. The second kappa shape index (κ2) is 4.56. The molecule has 0 radical (unpaired) electrons. The maximum Gasteiger partial charge on any atom is 0.321 e. The molecule has 1 aliphatic heterocycles. The standard InChI is InChI=1S/C13H12N4O2/c18-8-10-7-15-16-12(10)9-1-3-11(4-2-9)17-6-5-14-13(17)19/h1-4,7-8H,5-6H2,(H,14,19)(H,15,16). The van der Waals surface area contributed by atoms with Crippen molar-refractivity contribution in [2.24, 2.45) is 0 Å². The second-order valence-electron chi connectivity index (χ2n) is 4.25. The van der Waals surface area contributed by atoms with E-state index >= 15 is 0 Å². The number of H-pyrrole nitrogens is 1. The first-order valence-electron chi connectivity index (χ1n) is 5.94. The summed E-state index contributed by atoms with van der Waals surface area (Å²) in [5.41, 5.74) is 2.91. The van der Waals surface area contributed by atoms with Crippen LogP contribution in [-0.2, 0) is 0 Å². The summed E-state index contributed by atoms with van der Waals surface area (Å²) < 4.78 is 0. The van der Waals surface area contributed by atoms with Crippen LogP contribution in [0.25, 0.3) is 11.3 Å². The Bertz CT molecular complexity index is 618. The highest BCUT2D eigenvalue weighted by Gasteiger charge is 2.20. The van der Waals surface area contributed by atoms with Crippen LogP contribution < -0.4 is 10.2 Å². The molecule has 3 rings (SSSR count). The molecule has 1 aromatic heterocycles. The van der Waals surface area contributed by atoms with Gasteiger partial charge in [0.1, 0.15) is 0 Å².